The van der Waals surface area contributed by atoms with Gasteiger partial charge in [-0.25, -0.2) is 4.79 Å². The Morgan fingerprint density at radius 3 is 2.48 bits per heavy atom. The third-order valence-electron chi connectivity index (χ3n) is 4.47. The summed E-state index contributed by atoms with van der Waals surface area (Å²) in [6.45, 7) is 4.50. The van der Waals surface area contributed by atoms with Crippen LogP contribution in [0.1, 0.15) is 18.5 Å². The van der Waals surface area contributed by atoms with Gasteiger partial charge in [0.25, 0.3) is 0 Å². The Hall–Kier alpha value is -2.53. The SMILES string of the molecule is COc1ccccc1-c1ccc(C(C)NC(=O)N2CCOCC2)cc1. The fourth-order valence-corrected chi connectivity index (χ4v) is 2.96. The summed E-state index contributed by atoms with van der Waals surface area (Å²) in [7, 11) is 1.68. The summed E-state index contributed by atoms with van der Waals surface area (Å²) in [5.41, 5.74) is 3.22. The Balaban J connectivity index is 1.68. The second-order valence-electron chi connectivity index (χ2n) is 6.09. The molecule has 25 heavy (non-hydrogen) atoms. The van der Waals surface area contributed by atoms with Gasteiger partial charge in [0.1, 0.15) is 5.75 Å². The lowest BCUT2D eigenvalue weighted by molar-refractivity contribution is 0.0526. The van der Waals surface area contributed by atoms with Crippen LogP contribution in [0.15, 0.2) is 48.5 Å². The van der Waals surface area contributed by atoms with Crippen LogP contribution in [-0.4, -0.2) is 44.3 Å². The number of hydrogen-bond donors (Lipinski definition) is 1. The first kappa shape index (κ1) is 17.3. The van der Waals surface area contributed by atoms with Crippen molar-refractivity contribution in [3.8, 4) is 16.9 Å². The molecular formula is C20H24N2O3. The van der Waals surface area contributed by atoms with Crippen LogP contribution < -0.4 is 10.1 Å². The summed E-state index contributed by atoms with van der Waals surface area (Å²) in [4.78, 5) is 14.1. The van der Waals surface area contributed by atoms with E-state index in [9.17, 15) is 4.79 Å². The van der Waals surface area contributed by atoms with Gasteiger partial charge in [0.2, 0.25) is 0 Å². The number of ether oxygens (including phenoxy) is 2. The van der Waals surface area contributed by atoms with Crippen molar-refractivity contribution in [1.29, 1.82) is 0 Å². The highest BCUT2D eigenvalue weighted by Crippen LogP contribution is 2.30. The third kappa shape index (κ3) is 4.12. The lowest BCUT2D eigenvalue weighted by atomic mass is 10.0. The first-order valence-corrected chi connectivity index (χ1v) is 8.55. The Morgan fingerprint density at radius 1 is 1.12 bits per heavy atom. The van der Waals surface area contributed by atoms with E-state index in [0.717, 1.165) is 22.4 Å². The zero-order chi connectivity index (χ0) is 17.6. The van der Waals surface area contributed by atoms with Gasteiger partial charge >= 0.3 is 6.03 Å². The van der Waals surface area contributed by atoms with E-state index in [1.54, 1.807) is 12.0 Å². The quantitative estimate of drug-likeness (QED) is 0.927. The normalized spacial score (nSPS) is 15.5. The molecule has 1 aliphatic rings. The third-order valence-corrected chi connectivity index (χ3v) is 4.47. The number of para-hydroxylation sites is 1. The van der Waals surface area contributed by atoms with Crippen molar-refractivity contribution in [2.24, 2.45) is 0 Å². The van der Waals surface area contributed by atoms with Crippen LogP contribution in [-0.2, 0) is 4.74 Å². The molecule has 2 aromatic rings. The number of rotatable bonds is 4. The number of methoxy groups -OCH3 is 1. The molecule has 0 radical (unpaired) electrons. The summed E-state index contributed by atoms with van der Waals surface area (Å²) >= 11 is 0. The van der Waals surface area contributed by atoms with Gasteiger partial charge in [-0.2, -0.15) is 0 Å². The average molecular weight is 340 g/mol. The highest BCUT2D eigenvalue weighted by atomic mass is 16.5. The number of nitrogens with one attached hydrogen (secondary N) is 1. The number of carbonyl (C=O) groups excluding carboxylic acids is 1. The van der Waals surface area contributed by atoms with Crippen molar-refractivity contribution in [2.45, 2.75) is 13.0 Å². The Labute approximate surface area is 148 Å². The van der Waals surface area contributed by atoms with E-state index in [0.29, 0.717) is 26.3 Å². The molecule has 0 aliphatic carbocycles. The minimum atomic E-state index is -0.0536. The van der Waals surface area contributed by atoms with Gasteiger partial charge < -0.3 is 19.7 Å². The van der Waals surface area contributed by atoms with Crippen LogP contribution in [0.25, 0.3) is 11.1 Å². The largest absolute Gasteiger partial charge is 0.496 e. The van der Waals surface area contributed by atoms with Crippen molar-refractivity contribution in [1.82, 2.24) is 10.2 Å². The van der Waals surface area contributed by atoms with E-state index in [-0.39, 0.29) is 12.1 Å². The van der Waals surface area contributed by atoms with Gasteiger partial charge in [-0.15, -0.1) is 0 Å². The monoisotopic (exact) mass is 340 g/mol. The van der Waals surface area contributed by atoms with Gasteiger partial charge in [-0.05, 0) is 24.1 Å². The smallest absolute Gasteiger partial charge is 0.318 e. The summed E-state index contributed by atoms with van der Waals surface area (Å²) in [6, 6.07) is 16.1. The average Bonchev–Trinajstić information content (AvgIpc) is 2.68. The van der Waals surface area contributed by atoms with Crippen LogP contribution >= 0.6 is 0 Å². The zero-order valence-corrected chi connectivity index (χ0v) is 14.7. The van der Waals surface area contributed by atoms with Crippen LogP contribution in [0.2, 0.25) is 0 Å². The molecule has 3 rings (SSSR count). The van der Waals surface area contributed by atoms with E-state index in [1.807, 2.05) is 43.3 Å². The number of morpholine rings is 1. The second kappa shape index (κ2) is 8.03. The predicted molar refractivity (Wildman–Crippen MR) is 97.8 cm³/mol. The summed E-state index contributed by atoms with van der Waals surface area (Å²) in [6.07, 6.45) is 0. The minimum Gasteiger partial charge on any atom is -0.496 e. The van der Waals surface area contributed by atoms with Gasteiger partial charge in [0.15, 0.2) is 0 Å². The molecule has 0 bridgehead atoms. The van der Waals surface area contributed by atoms with Gasteiger partial charge in [0.05, 0.1) is 26.4 Å². The molecule has 1 aliphatic heterocycles. The molecular weight excluding hydrogens is 316 g/mol. The molecule has 5 heteroatoms. The van der Waals surface area contributed by atoms with E-state index < -0.39 is 0 Å². The summed E-state index contributed by atoms with van der Waals surface area (Å²) in [5.74, 6) is 0.851. The number of urea groups is 1. The molecule has 2 amide bonds. The van der Waals surface area contributed by atoms with Crippen molar-refractivity contribution in [3.63, 3.8) is 0 Å². The van der Waals surface area contributed by atoms with Crippen LogP contribution in [0.5, 0.6) is 5.75 Å². The first-order valence-electron chi connectivity index (χ1n) is 8.55. The molecule has 0 saturated carbocycles. The number of nitrogens with zero attached hydrogens (tertiary/aromatic N) is 1. The van der Waals surface area contributed by atoms with E-state index >= 15 is 0 Å². The second-order valence-corrected chi connectivity index (χ2v) is 6.09. The highest BCUT2D eigenvalue weighted by Gasteiger charge is 2.19. The van der Waals surface area contributed by atoms with Crippen molar-refractivity contribution in [3.05, 3.63) is 54.1 Å². The predicted octanol–water partition coefficient (Wildman–Crippen LogP) is 3.47. The maximum atomic E-state index is 12.3. The molecule has 1 fully saturated rings. The number of hydrogen-bond acceptors (Lipinski definition) is 3. The minimum absolute atomic E-state index is 0.0374. The summed E-state index contributed by atoms with van der Waals surface area (Å²) < 4.78 is 10.7. The Bertz CT molecular complexity index is 709. The van der Waals surface area contributed by atoms with Gasteiger partial charge in [0, 0.05) is 18.7 Å². The Morgan fingerprint density at radius 2 is 1.80 bits per heavy atom. The van der Waals surface area contributed by atoms with Gasteiger partial charge in [-0.3, -0.25) is 0 Å². The fraction of sp³-hybridized carbons (Fsp3) is 0.350. The lowest BCUT2D eigenvalue weighted by Gasteiger charge is -2.28. The maximum Gasteiger partial charge on any atom is 0.318 e. The standard InChI is InChI=1S/C20H24N2O3/c1-15(21-20(23)22-11-13-25-14-12-22)16-7-9-17(10-8-16)18-5-3-4-6-19(18)24-2/h3-10,15H,11-14H2,1-2H3,(H,21,23). The first-order chi connectivity index (χ1) is 12.2. The molecule has 1 unspecified atom stereocenters. The molecule has 0 aromatic heterocycles. The van der Waals surface area contributed by atoms with Crippen molar-refractivity contribution in [2.75, 3.05) is 33.4 Å². The van der Waals surface area contributed by atoms with E-state index in [2.05, 4.69) is 17.4 Å². The zero-order valence-electron chi connectivity index (χ0n) is 14.7. The Kier molecular flexibility index (Phi) is 5.56. The molecule has 5 nitrogen and oxygen atoms in total. The summed E-state index contributed by atoms with van der Waals surface area (Å²) in [5, 5.41) is 3.05. The number of benzene rings is 2. The van der Waals surface area contributed by atoms with E-state index in [1.165, 1.54) is 0 Å². The fourth-order valence-electron chi connectivity index (χ4n) is 2.96. The van der Waals surface area contributed by atoms with Crippen LogP contribution in [0.3, 0.4) is 0 Å². The molecule has 0 spiro atoms. The highest BCUT2D eigenvalue weighted by molar-refractivity contribution is 5.75. The number of amides is 2. The van der Waals surface area contributed by atoms with Gasteiger partial charge in [-0.1, -0.05) is 42.5 Å². The lowest BCUT2D eigenvalue weighted by Crippen LogP contribution is -2.46. The van der Waals surface area contributed by atoms with Crippen LogP contribution in [0, 0.1) is 0 Å². The van der Waals surface area contributed by atoms with Crippen molar-refractivity contribution >= 4 is 6.03 Å². The molecule has 1 atom stereocenters. The van der Waals surface area contributed by atoms with Crippen molar-refractivity contribution < 1.29 is 14.3 Å². The van der Waals surface area contributed by atoms with E-state index in [4.69, 9.17) is 9.47 Å². The topological polar surface area (TPSA) is 50.8 Å². The number of carbonyl (C=O) groups is 1. The molecule has 1 heterocycles. The van der Waals surface area contributed by atoms with Crippen LogP contribution in [0.4, 0.5) is 4.79 Å². The molecule has 1 saturated heterocycles. The molecule has 132 valence electrons. The maximum absolute atomic E-state index is 12.3. The molecule has 2 aromatic carbocycles. The molecule has 1 N–H and O–H groups in total.